The number of methoxy groups -OCH3 is 1. The van der Waals surface area contributed by atoms with Gasteiger partial charge in [0, 0.05) is 31.7 Å². The molecule has 1 saturated heterocycles. The third kappa shape index (κ3) is 4.72. The van der Waals surface area contributed by atoms with Gasteiger partial charge in [0.25, 0.3) is 0 Å². The monoisotopic (exact) mass is 488 g/mol. The molecule has 3 aromatic heterocycles. The first kappa shape index (κ1) is 23.7. The van der Waals surface area contributed by atoms with Crippen LogP contribution in [-0.2, 0) is 9.47 Å². The first-order valence-corrected chi connectivity index (χ1v) is 11.7. The van der Waals surface area contributed by atoms with E-state index in [0.29, 0.717) is 23.7 Å². The van der Waals surface area contributed by atoms with Crippen LogP contribution in [0.5, 0.6) is 5.75 Å². The lowest BCUT2D eigenvalue weighted by molar-refractivity contribution is -0.0224. The van der Waals surface area contributed by atoms with Crippen molar-refractivity contribution in [3.63, 3.8) is 0 Å². The topological polar surface area (TPSA) is 104 Å². The van der Waals surface area contributed by atoms with Gasteiger partial charge in [-0.25, -0.2) is 24.7 Å². The summed E-state index contributed by atoms with van der Waals surface area (Å²) < 4.78 is 19.3. The Balaban J connectivity index is 1.29. The maximum atomic E-state index is 11.8. The van der Waals surface area contributed by atoms with Crippen LogP contribution in [0.1, 0.15) is 30.1 Å². The Hall–Kier alpha value is -4.05. The Kier molecular flexibility index (Phi) is 6.51. The fourth-order valence-electron chi connectivity index (χ4n) is 4.29. The second-order valence-corrected chi connectivity index (χ2v) is 9.06. The van der Waals surface area contributed by atoms with Gasteiger partial charge in [0.05, 0.1) is 30.5 Å². The molecule has 1 aliphatic heterocycles. The molecule has 0 spiro atoms. The third-order valence-electron chi connectivity index (χ3n) is 6.22. The molecule has 4 aromatic rings. The highest BCUT2D eigenvalue weighted by atomic mass is 16.6. The summed E-state index contributed by atoms with van der Waals surface area (Å²) in [5.41, 5.74) is 1.72. The van der Waals surface area contributed by atoms with E-state index in [4.69, 9.17) is 14.2 Å². The minimum Gasteiger partial charge on any atom is -0.491 e. The molecular weight excluding hydrogens is 460 g/mol. The lowest BCUT2D eigenvalue weighted by Crippen LogP contribution is -2.23. The second-order valence-electron chi connectivity index (χ2n) is 9.06. The average Bonchev–Trinajstić information content (AvgIpc) is 3.48. The number of carbonyl (C=O) groups excluding carboxylic acids is 1. The summed E-state index contributed by atoms with van der Waals surface area (Å²) in [4.78, 5) is 31.3. The number of nitrogens with zero attached hydrogens (tertiary/aromatic N) is 6. The summed E-state index contributed by atoms with van der Waals surface area (Å²) in [6.45, 7) is 2.55. The minimum absolute atomic E-state index is 0.0921. The second kappa shape index (κ2) is 9.90. The normalized spacial score (nSPS) is 19.8. The Morgan fingerprint density at radius 3 is 2.89 bits per heavy atom. The summed E-state index contributed by atoms with van der Waals surface area (Å²) in [6, 6.07) is 11.1. The predicted octanol–water partition coefficient (Wildman–Crippen LogP) is 3.99. The van der Waals surface area contributed by atoms with E-state index in [1.165, 1.54) is 13.4 Å². The van der Waals surface area contributed by atoms with E-state index >= 15 is 0 Å². The Labute approximate surface area is 208 Å². The van der Waals surface area contributed by atoms with Gasteiger partial charge in [0.2, 0.25) is 0 Å². The molecule has 1 aromatic carbocycles. The van der Waals surface area contributed by atoms with Crippen LogP contribution in [0.3, 0.4) is 0 Å². The van der Waals surface area contributed by atoms with E-state index in [9.17, 15) is 4.79 Å². The molecule has 186 valence electrons. The number of hydrogen-bond donors (Lipinski definition) is 0. The number of aliphatic imine (C=N–C) groups is 1. The van der Waals surface area contributed by atoms with Crippen molar-refractivity contribution < 1.29 is 19.0 Å². The van der Waals surface area contributed by atoms with Gasteiger partial charge in [-0.15, -0.1) is 0 Å². The van der Waals surface area contributed by atoms with Gasteiger partial charge >= 0.3 is 5.97 Å². The number of benzene rings is 1. The van der Waals surface area contributed by atoms with Crippen molar-refractivity contribution in [1.82, 2.24) is 24.4 Å². The van der Waals surface area contributed by atoms with Crippen molar-refractivity contribution in [3.8, 4) is 5.75 Å². The zero-order valence-electron chi connectivity index (χ0n) is 20.7. The van der Waals surface area contributed by atoms with E-state index < -0.39 is 5.97 Å². The largest absolute Gasteiger partial charge is 0.491 e. The fourth-order valence-corrected chi connectivity index (χ4v) is 4.29. The molecule has 0 saturated carbocycles. The summed E-state index contributed by atoms with van der Waals surface area (Å²) in [6.07, 6.45) is 5.80. The Bertz CT molecular complexity index is 1430. The van der Waals surface area contributed by atoms with Crippen LogP contribution < -0.4 is 4.74 Å². The number of ether oxygens (including phenoxy) is 3. The number of carbonyl (C=O) groups is 1. The summed E-state index contributed by atoms with van der Waals surface area (Å²) in [5, 5.41) is 1.79. The van der Waals surface area contributed by atoms with Crippen LogP contribution in [0.2, 0.25) is 0 Å². The van der Waals surface area contributed by atoms with Crippen molar-refractivity contribution in [1.29, 1.82) is 0 Å². The standard InChI is InChI=1S/C26H28N6O4/c1-16-11-23(32-10-9-19-24(29-15-31(2)3)27-14-28-25(19)32)36-22(16)13-35-18-7-5-17-6-8-20(26(33)34-4)30-21(17)12-18/h5-10,12,14-16,22-23H,11,13H2,1-4H3/b29-15+. The molecule has 10 nitrogen and oxygen atoms in total. The smallest absolute Gasteiger partial charge is 0.356 e. The minimum atomic E-state index is -0.470. The van der Waals surface area contributed by atoms with Crippen LogP contribution in [0.25, 0.3) is 21.9 Å². The molecule has 10 heteroatoms. The summed E-state index contributed by atoms with van der Waals surface area (Å²) >= 11 is 0. The van der Waals surface area contributed by atoms with Crippen LogP contribution in [0.4, 0.5) is 5.82 Å². The van der Waals surface area contributed by atoms with E-state index in [1.54, 1.807) is 12.4 Å². The van der Waals surface area contributed by atoms with Crippen molar-refractivity contribution in [2.24, 2.45) is 10.9 Å². The van der Waals surface area contributed by atoms with Crippen molar-refractivity contribution in [2.45, 2.75) is 25.7 Å². The molecule has 3 atom stereocenters. The summed E-state index contributed by atoms with van der Waals surface area (Å²) in [7, 11) is 5.17. The first-order chi connectivity index (χ1) is 17.4. The van der Waals surface area contributed by atoms with Gasteiger partial charge in [-0.05, 0) is 36.6 Å². The number of rotatable bonds is 7. The molecule has 3 unspecified atom stereocenters. The number of fused-ring (bicyclic) bond motifs is 2. The summed E-state index contributed by atoms with van der Waals surface area (Å²) in [5.74, 6) is 1.10. The van der Waals surface area contributed by atoms with E-state index in [0.717, 1.165) is 22.8 Å². The van der Waals surface area contributed by atoms with E-state index in [-0.39, 0.29) is 23.9 Å². The highest BCUT2D eigenvalue weighted by molar-refractivity contribution is 5.91. The van der Waals surface area contributed by atoms with Gasteiger partial charge in [-0.1, -0.05) is 13.0 Å². The number of pyridine rings is 1. The quantitative estimate of drug-likeness (QED) is 0.219. The SMILES string of the molecule is COC(=O)c1ccc2ccc(OCC3OC(n4ccc5c(/N=C/N(C)C)ncnc54)CC3C)cc2n1. The highest BCUT2D eigenvalue weighted by Crippen LogP contribution is 2.36. The van der Waals surface area contributed by atoms with Crippen molar-refractivity contribution in [3.05, 3.63) is 54.6 Å². The number of hydrogen-bond acceptors (Lipinski definition) is 8. The third-order valence-corrected chi connectivity index (χ3v) is 6.22. The van der Waals surface area contributed by atoms with Crippen LogP contribution in [0.15, 0.2) is 53.9 Å². The molecule has 0 aliphatic carbocycles. The average molecular weight is 489 g/mol. The van der Waals surface area contributed by atoms with Crippen molar-refractivity contribution in [2.75, 3.05) is 27.8 Å². The zero-order chi connectivity index (χ0) is 25.2. The lowest BCUT2D eigenvalue weighted by Gasteiger charge is -2.17. The van der Waals surface area contributed by atoms with Crippen molar-refractivity contribution >= 4 is 40.1 Å². The number of esters is 1. The van der Waals surface area contributed by atoms with Gasteiger partial charge < -0.3 is 23.7 Å². The lowest BCUT2D eigenvalue weighted by atomic mass is 10.0. The molecule has 0 radical (unpaired) electrons. The molecule has 0 bridgehead atoms. The molecule has 4 heterocycles. The molecule has 5 rings (SSSR count). The predicted molar refractivity (Wildman–Crippen MR) is 136 cm³/mol. The Morgan fingerprint density at radius 1 is 1.25 bits per heavy atom. The van der Waals surface area contributed by atoms with Gasteiger partial charge in [0.15, 0.2) is 5.82 Å². The van der Waals surface area contributed by atoms with Gasteiger partial charge in [0.1, 0.15) is 36.3 Å². The molecule has 0 N–H and O–H groups in total. The van der Waals surface area contributed by atoms with Gasteiger partial charge in [-0.2, -0.15) is 0 Å². The highest BCUT2D eigenvalue weighted by Gasteiger charge is 2.34. The van der Waals surface area contributed by atoms with E-state index in [2.05, 4.69) is 26.9 Å². The van der Waals surface area contributed by atoms with Crippen LogP contribution in [-0.4, -0.2) is 70.6 Å². The molecule has 1 aliphatic rings. The van der Waals surface area contributed by atoms with E-state index in [1.807, 2.05) is 60.1 Å². The maximum absolute atomic E-state index is 11.8. The van der Waals surface area contributed by atoms with Crippen LogP contribution >= 0.6 is 0 Å². The Morgan fingerprint density at radius 2 is 2.08 bits per heavy atom. The maximum Gasteiger partial charge on any atom is 0.356 e. The van der Waals surface area contributed by atoms with Crippen LogP contribution in [0, 0.1) is 5.92 Å². The number of aromatic nitrogens is 4. The molecule has 0 amide bonds. The van der Waals surface area contributed by atoms with Gasteiger partial charge in [-0.3, -0.25) is 0 Å². The zero-order valence-corrected chi connectivity index (χ0v) is 20.7. The molecular formula is C26H28N6O4. The molecule has 36 heavy (non-hydrogen) atoms. The molecule has 1 fully saturated rings. The fraction of sp³-hybridized carbons (Fsp3) is 0.346. The first-order valence-electron chi connectivity index (χ1n) is 11.7.